The van der Waals surface area contributed by atoms with Crippen molar-refractivity contribution in [2.24, 2.45) is 0 Å². The highest BCUT2D eigenvalue weighted by atomic mass is 16.3. The molecule has 2 unspecified atom stereocenters. The number of furan rings is 1. The topological polar surface area (TPSA) is 33.4 Å². The molecule has 2 heteroatoms. The molecule has 2 aromatic rings. The van der Waals surface area contributed by atoms with E-state index in [1.54, 1.807) is 0 Å². The van der Waals surface area contributed by atoms with Crippen molar-refractivity contribution in [1.29, 1.82) is 0 Å². The van der Waals surface area contributed by atoms with Crippen LogP contribution in [0.4, 0.5) is 0 Å². The third-order valence-electron chi connectivity index (χ3n) is 3.91. The lowest BCUT2D eigenvalue weighted by Gasteiger charge is -2.31. The average molecular weight is 242 g/mol. The highest BCUT2D eigenvalue weighted by Gasteiger charge is 2.28. The second-order valence-corrected chi connectivity index (χ2v) is 5.22. The lowest BCUT2D eigenvalue weighted by Crippen LogP contribution is -2.19. The van der Waals surface area contributed by atoms with Crippen LogP contribution < -0.4 is 0 Å². The smallest absolute Gasteiger partial charge is 0.106 e. The van der Waals surface area contributed by atoms with Crippen LogP contribution in [0.3, 0.4) is 0 Å². The molecule has 1 aromatic heterocycles. The van der Waals surface area contributed by atoms with E-state index in [0.29, 0.717) is 5.92 Å². The standard InChI is InChI=1S/C16H18O2/c1-10-7-15(11(2)18-10)16(17)9-13-8-12-5-3-4-6-14(12)13/h3-7,13,16-17H,8-9H2,1-2H3. The Bertz CT molecular complexity index is 568. The zero-order valence-electron chi connectivity index (χ0n) is 10.8. The molecule has 3 rings (SSSR count). The average Bonchev–Trinajstić information content (AvgIpc) is 2.65. The van der Waals surface area contributed by atoms with Gasteiger partial charge in [-0.05, 0) is 49.8 Å². The summed E-state index contributed by atoms with van der Waals surface area (Å²) in [5.74, 6) is 2.20. The first-order chi connectivity index (χ1) is 8.65. The summed E-state index contributed by atoms with van der Waals surface area (Å²) >= 11 is 0. The van der Waals surface area contributed by atoms with E-state index < -0.39 is 6.10 Å². The van der Waals surface area contributed by atoms with E-state index in [9.17, 15) is 5.11 Å². The molecule has 1 aromatic carbocycles. The molecule has 0 aliphatic heterocycles. The summed E-state index contributed by atoms with van der Waals surface area (Å²) in [7, 11) is 0. The first kappa shape index (κ1) is 11.5. The fourth-order valence-electron chi connectivity index (χ4n) is 2.95. The van der Waals surface area contributed by atoms with Gasteiger partial charge in [-0.15, -0.1) is 0 Å². The Kier molecular flexibility index (Phi) is 2.75. The minimum atomic E-state index is -0.416. The van der Waals surface area contributed by atoms with Crippen LogP contribution in [0, 0.1) is 13.8 Å². The van der Waals surface area contributed by atoms with Crippen LogP contribution in [0.15, 0.2) is 34.7 Å². The molecule has 0 saturated heterocycles. The maximum Gasteiger partial charge on any atom is 0.106 e. The molecule has 2 nitrogen and oxygen atoms in total. The summed E-state index contributed by atoms with van der Waals surface area (Å²) in [5, 5.41) is 10.3. The van der Waals surface area contributed by atoms with Gasteiger partial charge in [-0.1, -0.05) is 24.3 Å². The molecule has 1 aliphatic rings. The number of hydrogen-bond acceptors (Lipinski definition) is 2. The van der Waals surface area contributed by atoms with Crippen LogP contribution in [-0.2, 0) is 6.42 Å². The fraction of sp³-hybridized carbons (Fsp3) is 0.375. The quantitative estimate of drug-likeness (QED) is 0.891. The predicted octanol–water partition coefficient (Wildman–Crippen LogP) is 3.66. The molecule has 0 spiro atoms. The van der Waals surface area contributed by atoms with Crippen molar-refractivity contribution in [2.75, 3.05) is 0 Å². The third-order valence-corrected chi connectivity index (χ3v) is 3.91. The minimum absolute atomic E-state index is 0.416. The summed E-state index contributed by atoms with van der Waals surface area (Å²) in [6, 6.07) is 10.4. The molecule has 0 radical (unpaired) electrons. The van der Waals surface area contributed by atoms with Gasteiger partial charge in [-0.2, -0.15) is 0 Å². The van der Waals surface area contributed by atoms with Gasteiger partial charge in [0.2, 0.25) is 0 Å². The normalized spacial score (nSPS) is 19.2. The first-order valence-corrected chi connectivity index (χ1v) is 6.48. The van der Waals surface area contributed by atoms with Crippen molar-refractivity contribution in [1.82, 2.24) is 0 Å². The molecule has 1 heterocycles. The summed E-state index contributed by atoms with van der Waals surface area (Å²) in [6.45, 7) is 3.84. The van der Waals surface area contributed by atoms with Gasteiger partial charge in [-0.25, -0.2) is 0 Å². The number of aliphatic hydroxyl groups is 1. The van der Waals surface area contributed by atoms with Crippen molar-refractivity contribution >= 4 is 0 Å². The Morgan fingerprint density at radius 2 is 2.11 bits per heavy atom. The van der Waals surface area contributed by atoms with Gasteiger partial charge in [0.05, 0.1) is 6.10 Å². The van der Waals surface area contributed by atoms with E-state index in [2.05, 4.69) is 24.3 Å². The van der Waals surface area contributed by atoms with Crippen LogP contribution in [0.1, 0.15) is 46.7 Å². The van der Waals surface area contributed by atoms with E-state index in [1.807, 2.05) is 19.9 Å². The van der Waals surface area contributed by atoms with Crippen LogP contribution in [0.2, 0.25) is 0 Å². The molecule has 0 fully saturated rings. The first-order valence-electron chi connectivity index (χ1n) is 6.48. The van der Waals surface area contributed by atoms with Crippen LogP contribution in [-0.4, -0.2) is 5.11 Å². The summed E-state index contributed by atoms with van der Waals surface area (Å²) < 4.78 is 5.48. The maximum absolute atomic E-state index is 10.3. The Balaban J connectivity index is 1.74. The molecule has 0 bridgehead atoms. The van der Waals surface area contributed by atoms with Crippen LogP contribution in [0.5, 0.6) is 0 Å². The third kappa shape index (κ3) is 1.87. The van der Waals surface area contributed by atoms with Gasteiger partial charge in [0.1, 0.15) is 11.5 Å². The molecule has 1 aliphatic carbocycles. The van der Waals surface area contributed by atoms with Crippen molar-refractivity contribution < 1.29 is 9.52 Å². The van der Waals surface area contributed by atoms with Gasteiger partial charge < -0.3 is 9.52 Å². The van der Waals surface area contributed by atoms with Gasteiger partial charge in [0, 0.05) is 5.56 Å². The zero-order valence-corrected chi connectivity index (χ0v) is 10.8. The Morgan fingerprint density at radius 3 is 2.78 bits per heavy atom. The molecule has 94 valence electrons. The second kappa shape index (κ2) is 4.29. The van der Waals surface area contributed by atoms with Crippen molar-refractivity contribution in [3.63, 3.8) is 0 Å². The van der Waals surface area contributed by atoms with Crippen molar-refractivity contribution in [3.05, 3.63) is 58.5 Å². The second-order valence-electron chi connectivity index (χ2n) is 5.22. The van der Waals surface area contributed by atoms with E-state index in [1.165, 1.54) is 11.1 Å². The lowest BCUT2D eigenvalue weighted by atomic mass is 9.74. The van der Waals surface area contributed by atoms with Gasteiger partial charge in [-0.3, -0.25) is 0 Å². The summed E-state index contributed by atoms with van der Waals surface area (Å²) in [5.41, 5.74) is 3.76. The zero-order chi connectivity index (χ0) is 12.7. The van der Waals surface area contributed by atoms with E-state index in [0.717, 1.165) is 29.9 Å². The Morgan fingerprint density at radius 1 is 1.33 bits per heavy atom. The number of aliphatic hydroxyl groups excluding tert-OH is 1. The summed E-state index contributed by atoms with van der Waals surface area (Å²) in [6.07, 6.45) is 1.46. The molecule has 2 atom stereocenters. The molecule has 0 saturated carbocycles. The number of benzene rings is 1. The van der Waals surface area contributed by atoms with Gasteiger partial charge in [0.15, 0.2) is 0 Å². The monoisotopic (exact) mass is 242 g/mol. The molecular weight excluding hydrogens is 224 g/mol. The van der Waals surface area contributed by atoms with Gasteiger partial charge in [0.25, 0.3) is 0 Å². The highest BCUT2D eigenvalue weighted by Crippen LogP contribution is 2.41. The minimum Gasteiger partial charge on any atom is -0.466 e. The number of aryl methyl sites for hydroxylation is 2. The predicted molar refractivity (Wildman–Crippen MR) is 70.6 cm³/mol. The van der Waals surface area contributed by atoms with E-state index in [4.69, 9.17) is 4.42 Å². The SMILES string of the molecule is Cc1cc(C(O)CC2Cc3ccccc32)c(C)o1. The van der Waals surface area contributed by atoms with Crippen LogP contribution in [0.25, 0.3) is 0 Å². The number of hydrogen-bond donors (Lipinski definition) is 1. The van der Waals surface area contributed by atoms with Crippen LogP contribution >= 0.6 is 0 Å². The fourth-order valence-corrected chi connectivity index (χ4v) is 2.95. The maximum atomic E-state index is 10.3. The van der Waals surface area contributed by atoms with Crippen molar-refractivity contribution in [3.8, 4) is 0 Å². The van der Waals surface area contributed by atoms with E-state index >= 15 is 0 Å². The molecule has 18 heavy (non-hydrogen) atoms. The Labute approximate surface area is 107 Å². The largest absolute Gasteiger partial charge is 0.466 e. The summed E-state index contributed by atoms with van der Waals surface area (Å²) in [4.78, 5) is 0. The molecule has 0 amide bonds. The molecule has 1 N–H and O–H groups in total. The highest BCUT2D eigenvalue weighted by molar-refractivity contribution is 5.40. The van der Waals surface area contributed by atoms with Gasteiger partial charge >= 0.3 is 0 Å². The Hall–Kier alpha value is -1.54. The lowest BCUT2D eigenvalue weighted by molar-refractivity contribution is 0.152. The number of fused-ring (bicyclic) bond motifs is 1. The molecular formula is C16H18O2. The van der Waals surface area contributed by atoms with Crippen molar-refractivity contribution in [2.45, 2.75) is 38.7 Å². The van der Waals surface area contributed by atoms with E-state index in [-0.39, 0.29) is 0 Å². The number of rotatable bonds is 3.